The predicted molar refractivity (Wildman–Crippen MR) is 79.5 cm³/mol. The van der Waals surface area contributed by atoms with Crippen LogP contribution in [0.4, 0.5) is 0 Å². The number of ether oxygens (including phenoxy) is 1. The molecule has 20 heavy (non-hydrogen) atoms. The van der Waals surface area contributed by atoms with Crippen molar-refractivity contribution in [2.24, 2.45) is 0 Å². The monoisotopic (exact) mass is 271 g/mol. The van der Waals surface area contributed by atoms with E-state index in [1.165, 1.54) is 30.5 Å². The van der Waals surface area contributed by atoms with E-state index in [9.17, 15) is 0 Å². The summed E-state index contributed by atoms with van der Waals surface area (Å²) in [7, 11) is 3.72. The second-order valence-corrected chi connectivity index (χ2v) is 5.25. The van der Waals surface area contributed by atoms with Crippen molar-refractivity contribution >= 4 is 0 Å². The zero-order chi connectivity index (χ0) is 13.9. The summed E-state index contributed by atoms with van der Waals surface area (Å²) in [5, 5.41) is 8.01. The van der Waals surface area contributed by atoms with Crippen LogP contribution in [-0.2, 0) is 6.42 Å². The highest BCUT2D eigenvalue weighted by atomic mass is 16.5. The van der Waals surface area contributed by atoms with Gasteiger partial charge in [-0.2, -0.15) is 5.10 Å². The molecule has 1 atom stereocenters. The van der Waals surface area contributed by atoms with Gasteiger partial charge in [0.1, 0.15) is 5.75 Å². The number of hydrogen-bond donors (Lipinski definition) is 1. The molecule has 0 amide bonds. The zero-order valence-corrected chi connectivity index (χ0v) is 12.1. The molecular weight excluding hydrogens is 250 g/mol. The fourth-order valence-corrected chi connectivity index (χ4v) is 2.99. The summed E-state index contributed by atoms with van der Waals surface area (Å²) < 4.78 is 7.37. The topological polar surface area (TPSA) is 39.1 Å². The van der Waals surface area contributed by atoms with Crippen molar-refractivity contribution in [2.45, 2.75) is 31.7 Å². The van der Waals surface area contributed by atoms with Gasteiger partial charge in [-0.15, -0.1) is 0 Å². The van der Waals surface area contributed by atoms with E-state index >= 15 is 0 Å². The van der Waals surface area contributed by atoms with Crippen molar-refractivity contribution in [3.8, 4) is 11.4 Å². The SMILES string of the molecule is CNC1CCCCc2c1cnn2-c1cccc(OC)c1. The van der Waals surface area contributed by atoms with Gasteiger partial charge >= 0.3 is 0 Å². The van der Waals surface area contributed by atoms with Crippen LogP contribution in [-0.4, -0.2) is 23.9 Å². The highest BCUT2D eigenvalue weighted by Gasteiger charge is 2.22. The Kier molecular flexibility index (Phi) is 3.74. The highest BCUT2D eigenvalue weighted by molar-refractivity contribution is 5.41. The Labute approximate surface area is 119 Å². The van der Waals surface area contributed by atoms with Gasteiger partial charge in [0.05, 0.1) is 19.0 Å². The van der Waals surface area contributed by atoms with Crippen LogP contribution < -0.4 is 10.1 Å². The summed E-state index contributed by atoms with van der Waals surface area (Å²) in [5.74, 6) is 0.866. The minimum Gasteiger partial charge on any atom is -0.497 e. The summed E-state index contributed by atoms with van der Waals surface area (Å²) in [5.41, 5.74) is 3.74. The van der Waals surface area contributed by atoms with E-state index in [-0.39, 0.29) is 0 Å². The number of fused-ring (bicyclic) bond motifs is 1. The van der Waals surface area contributed by atoms with Gasteiger partial charge in [-0.05, 0) is 38.4 Å². The van der Waals surface area contributed by atoms with Crippen molar-refractivity contribution in [2.75, 3.05) is 14.2 Å². The van der Waals surface area contributed by atoms with Gasteiger partial charge in [-0.3, -0.25) is 0 Å². The van der Waals surface area contributed by atoms with Crippen LogP contribution in [0.15, 0.2) is 30.5 Å². The molecule has 1 aromatic carbocycles. The van der Waals surface area contributed by atoms with E-state index < -0.39 is 0 Å². The quantitative estimate of drug-likeness (QED) is 0.872. The Morgan fingerprint density at radius 3 is 3.05 bits per heavy atom. The molecule has 0 spiro atoms. The molecule has 1 N–H and O–H groups in total. The fraction of sp³-hybridized carbons (Fsp3) is 0.438. The molecule has 0 radical (unpaired) electrons. The molecule has 2 aromatic rings. The first kappa shape index (κ1) is 13.2. The Hall–Kier alpha value is -1.81. The van der Waals surface area contributed by atoms with Crippen molar-refractivity contribution in [3.05, 3.63) is 41.7 Å². The molecule has 0 bridgehead atoms. The molecule has 1 aromatic heterocycles. The second-order valence-electron chi connectivity index (χ2n) is 5.25. The maximum absolute atomic E-state index is 5.31. The Morgan fingerprint density at radius 1 is 1.35 bits per heavy atom. The zero-order valence-electron chi connectivity index (χ0n) is 12.1. The third-order valence-corrected chi connectivity index (χ3v) is 4.08. The first-order chi connectivity index (χ1) is 9.83. The van der Waals surface area contributed by atoms with Gasteiger partial charge in [0.2, 0.25) is 0 Å². The van der Waals surface area contributed by atoms with Gasteiger partial charge in [0, 0.05) is 23.4 Å². The number of methoxy groups -OCH3 is 1. The Morgan fingerprint density at radius 2 is 2.25 bits per heavy atom. The van der Waals surface area contributed by atoms with Crippen LogP contribution >= 0.6 is 0 Å². The maximum atomic E-state index is 5.31. The average molecular weight is 271 g/mol. The molecule has 3 rings (SSSR count). The molecule has 4 nitrogen and oxygen atoms in total. The molecule has 1 unspecified atom stereocenters. The van der Waals surface area contributed by atoms with Crippen LogP contribution in [0.2, 0.25) is 0 Å². The molecule has 0 saturated heterocycles. The summed E-state index contributed by atoms with van der Waals surface area (Å²) >= 11 is 0. The normalized spacial score (nSPS) is 18.4. The molecule has 0 aliphatic heterocycles. The van der Waals surface area contributed by atoms with E-state index in [1.807, 2.05) is 31.4 Å². The van der Waals surface area contributed by atoms with Crippen molar-refractivity contribution in [1.82, 2.24) is 15.1 Å². The van der Waals surface area contributed by atoms with E-state index in [1.54, 1.807) is 7.11 Å². The van der Waals surface area contributed by atoms with Gasteiger partial charge in [0.15, 0.2) is 0 Å². The number of nitrogens with zero attached hydrogens (tertiary/aromatic N) is 2. The summed E-state index contributed by atoms with van der Waals surface area (Å²) in [6, 6.07) is 8.50. The number of benzene rings is 1. The molecule has 0 fully saturated rings. The fourth-order valence-electron chi connectivity index (χ4n) is 2.99. The Bertz CT molecular complexity index is 591. The van der Waals surface area contributed by atoms with E-state index in [2.05, 4.69) is 21.2 Å². The minimum atomic E-state index is 0.423. The number of rotatable bonds is 3. The average Bonchev–Trinajstić information content (AvgIpc) is 2.81. The van der Waals surface area contributed by atoms with Gasteiger partial charge in [-0.25, -0.2) is 4.68 Å². The molecule has 4 heteroatoms. The smallest absolute Gasteiger partial charge is 0.121 e. The molecule has 1 aliphatic carbocycles. The minimum absolute atomic E-state index is 0.423. The summed E-state index contributed by atoms with van der Waals surface area (Å²) in [6.07, 6.45) is 6.78. The van der Waals surface area contributed by atoms with E-state index in [0.717, 1.165) is 17.9 Å². The van der Waals surface area contributed by atoms with Gasteiger partial charge in [0.25, 0.3) is 0 Å². The third kappa shape index (κ3) is 2.31. The number of hydrogen-bond acceptors (Lipinski definition) is 3. The predicted octanol–water partition coefficient (Wildman–Crippen LogP) is 2.87. The van der Waals surface area contributed by atoms with E-state index in [0.29, 0.717) is 6.04 Å². The molecule has 1 heterocycles. The summed E-state index contributed by atoms with van der Waals surface area (Å²) in [4.78, 5) is 0. The third-order valence-electron chi connectivity index (χ3n) is 4.08. The lowest BCUT2D eigenvalue weighted by Gasteiger charge is -2.13. The highest BCUT2D eigenvalue weighted by Crippen LogP contribution is 2.30. The van der Waals surface area contributed by atoms with Crippen molar-refractivity contribution < 1.29 is 4.74 Å². The standard InChI is InChI=1S/C16H21N3O/c1-17-15-8-3-4-9-16-14(15)11-18-19(16)12-6-5-7-13(10-12)20-2/h5-7,10-11,15,17H,3-4,8-9H2,1-2H3. The van der Waals surface area contributed by atoms with Crippen LogP contribution in [0.3, 0.4) is 0 Å². The first-order valence-corrected chi connectivity index (χ1v) is 7.22. The first-order valence-electron chi connectivity index (χ1n) is 7.22. The van der Waals surface area contributed by atoms with Gasteiger partial charge < -0.3 is 10.1 Å². The van der Waals surface area contributed by atoms with Gasteiger partial charge in [-0.1, -0.05) is 12.5 Å². The van der Waals surface area contributed by atoms with Crippen LogP contribution in [0.1, 0.15) is 36.6 Å². The lowest BCUT2D eigenvalue weighted by molar-refractivity contribution is 0.414. The lowest BCUT2D eigenvalue weighted by Crippen LogP contribution is -2.16. The molecule has 0 saturated carbocycles. The maximum Gasteiger partial charge on any atom is 0.121 e. The second kappa shape index (κ2) is 5.67. The van der Waals surface area contributed by atoms with Crippen LogP contribution in [0.5, 0.6) is 5.75 Å². The molecule has 106 valence electrons. The number of nitrogens with one attached hydrogen (secondary N) is 1. The largest absolute Gasteiger partial charge is 0.497 e. The van der Waals surface area contributed by atoms with E-state index in [4.69, 9.17) is 4.74 Å². The lowest BCUT2D eigenvalue weighted by atomic mass is 10.1. The Balaban J connectivity index is 2.04. The van der Waals surface area contributed by atoms with Crippen molar-refractivity contribution in [1.29, 1.82) is 0 Å². The molecule has 1 aliphatic rings. The van der Waals surface area contributed by atoms with Crippen LogP contribution in [0, 0.1) is 0 Å². The number of aromatic nitrogens is 2. The van der Waals surface area contributed by atoms with Crippen LogP contribution in [0.25, 0.3) is 5.69 Å². The van der Waals surface area contributed by atoms with Crippen molar-refractivity contribution in [3.63, 3.8) is 0 Å². The summed E-state index contributed by atoms with van der Waals surface area (Å²) in [6.45, 7) is 0. The molecular formula is C16H21N3O.